The van der Waals surface area contributed by atoms with Crippen LogP contribution in [0.4, 0.5) is 0 Å². The van der Waals surface area contributed by atoms with Crippen molar-refractivity contribution < 1.29 is 9.15 Å². The maximum Gasteiger partial charge on any atom is 0.124 e. The third-order valence-electron chi connectivity index (χ3n) is 4.68. The number of nitrogens with one attached hydrogen (secondary N) is 1. The van der Waals surface area contributed by atoms with Gasteiger partial charge in [-0.25, -0.2) is 0 Å². The van der Waals surface area contributed by atoms with Crippen molar-refractivity contribution in [2.75, 3.05) is 33.3 Å². The molecule has 112 valence electrons. The number of likely N-dealkylation sites (N-methyl/N-ethyl adjacent to an activating group) is 2. The second-order valence-electron chi connectivity index (χ2n) is 6.10. The summed E-state index contributed by atoms with van der Waals surface area (Å²) in [4.78, 5) is 2.46. The predicted molar refractivity (Wildman–Crippen MR) is 78.9 cm³/mol. The highest BCUT2D eigenvalue weighted by atomic mass is 16.5. The van der Waals surface area contributed by atoms with Crippen LogP contribution in [0.2, 0.25) is 0 Å². The van der Waals surface area contributed by atoms with Gasteiger partial charge in [0.1, 0.15) is 11.5 Å². The average Bonchev–Trinajstić information content (AvgIpc) is 3.01. The zero-order chi connectivity index (χ0) is 14.1. The summed E-state index contributed by atoms with van der Waals surface area (Å²) in [6.07, 6.45) is 1.44. The summed E-state index contributed by atoms with van der Waals surface area (Å²) in [6.45, 7) is 8.18. The number of morpholine rings is 1. The van der Waals surface area contributed by atoms with E-state index in [1.165, 1.54) is 6.42 Å². The minimum absolute atomic E-state index is 0.171. The lowest BCUT2D eigenvalue weighted by Crippen LogP contribution is -2.48. The number of ether oxygens (including phenoxy) is 1. The van der Waals surface area contributed by atoms with Gasteiger partial charge in [0, 0.05) is 19.0 Å². The fourth-order valence-corrected chi connectivity index (χ4v) is 3.32. The van der Waals surface area contributed by atoms with E-state index in [0.29, 0.717) is 5.92 Å². The largest absolute Gasteiger partial charge is 0.464 e. The van der Waals surface area contributed by atoms with Crippen molar-refractivity contribution in [3.05, 3.63) is 23.7 Å². The molecule has 0 bridgehead atoms. The maximum absolute atomic E-state index is 6.18. The molecule has 1 N–H and O–H groups in total. The first kappa shape index (κ1) is 14.1. The van der Waals surface area contributed by atoms with Gasteiger partial charge in [-0.1, -0.05) is 13.8 Å². The summed E-state index contributed by atoms with van der Waals surface area (Å²) in [7, 11) is 1.98. The van der Waals surface area contributed by atoms with Crippen LogP contribution in [0.25, 0.3) is 0 Å². The molecule has 2 heterocycles. The highest BCUT2D eigenvalue weighted by Crippen LogP contribution is 2.48. The van der Waals surface area contributed by atoms with Gasteiger partial charge in [-0.2, -0.15) is 0 Å². The molecule has 1 aromatic heterocycles. The normalized spacial score (nSPS) is 34.4. The standard InChI is InChI=1S/C16H26N2O2/c1-4-18-7-8-19-15(10-17-3)16(18)14-6-5-13(20-14)12-9-11(12)2/h5-6,11-12,15-17H,4,7-10H2,1-3H3. The van der Waals surface area contributed by atoms with E-state index in [4.69, 9.17) is 9.15 Å². The van der Waals surface area contributed by atoms with Gasteiger partial charge in [-0.15, -0.1) is 0 Å². The Bertz CT molecular complexity index is 443. The Morgan fingerprint density at radius 3 is 2.75 bits per heavy atom. The lowest BCUT2D eigenvalue weighted by molar-refractivity contribution is -0.0751. The van der Waals surface area contributed by atoms with E-state index in [1.807, 2.05) is 7.05 Å². The molecule has 1 saturated heterocycles. The third-order valence-corrected chi connectivity index (χ3v) is 4.68. The highest BCUT2D eigenvalue weighted by molar-refractivity contribution is 5.20. The van der Waals surface area contributed by atoms with Gasteiger partial charge in [-0.3, -0.25) is 4.90 Å². The van der Waals surface area contributed by atoms with Crippen molar-refractivity contribution in [3.8, 4) is 0 Å². The molecule has 2 fully saturated rings. The highest BCUT2D eigenvalue weighted by Gasteiger charge is 2.39. The van der Waals surface area contributed by atoms with Crippen LogP contribution < -0.4 is 5.32 Å². The van der Waals surface area contributed by atoms with E-state index in [-0.39, 0.29) is 12.1 Å². The van der Waals surface area contributed by atoms with Crippen molar-refractivity contribution in [2.24, 2.45) is 5.92 Å². The first-order valence-corrected chi connectivity index (χ1v) is 7.84. The second-order valence-corrected chi connectivity index (χ2v) is 6.10. The fourth-order valence-electron chi connectivity index (χ4n) is 3.32. The van der Waals surface area contributed by atoms with Gasteiger partial charge in [0.2, 0.25) is 0 Å². The van der Waals surface area contributed by atoms with Gasteiger partial charge < -0.3 is 14.5 Å². The third kappa shape index (κ3) is 2.65. The molecular weight excluding hydrogens is 252 g/mol. The predicted octanol–water partition coefficient (Wildman–Crippen LogP) is 2.38. The van der Waals surface area contributed by atoms with Crippen LogP contribution in [0, 0.1) is 5.92 Å². The van der Waals surface area contributed by atoms with Crippen molar-refractivity contribution in [3.63, 3.8) is 0 Å². The quantitative estimate of drug-likeness (QED) is 0.897. The Labute approximate surface area is 121 Å². The lowest BCUT2D eigenvalue weighted by Gasteiger charge is -2.39. The molecule has 1 saturated carbocycles. The van der Waals surface area contributed by atoms with Crippen molar-refractivity contribution in [2.45, 2.75) is 38.3 Å². The van der Waals surface area contributed by atoms with E-state index in [1.54, 1.807) is 0 Å². The lowest BCUT2D eigenvalue weighted by atomic mass is 10.0. The van der Waals surface area contributed by atoms with Crippen LogP contribution in [-0.2, 0) is 4.74 Å². The first-order chi connectivity index (χ1) is 9.74. The molecule has 4 heteroatoms. The molecule has 0 amide bonds. The number of rotatable bonds is 5. The van der Waals surface area contributed by atoms with Crippen LogP contribution in [0.5, 0.6) is 0 Å². The zero-order valence-electron chi connectivity index (χ0n) is 12.8. The molecule has 0 spiro atoms. The Morgan fingerprint density at radius 2 is 2.10 bits per heavy atom. The van der Waals surface area contributed by atoms with Crippen molar-refractivity contribution in [1.82, 2.24) is 10.2 Å². The van der Waals surface area contributed by atoms with Gasteiger partial charge >= 0.3 is 0 Å². The van der Waals surface area contributed by atoms with Gasteiger partial charge in [0.15, 0.2) is 0 Å². The zero-order valence-corrected chi connectivity index (χ0v) is 12.8. The molecule has 2 aliphatic rings. The molecule has 4 unspecified atom stereocenters. The SMILES string of the molecule is CCN1CCOC(CNC)C1c1ccc(C2CC2C)o1. The van der Waals surface area contributed by atoms with Crippen molar-refractivity contribution in [1.29, 1.82) is 0 Å². The first-order valence-electron chi connectivity index (χ1n) is 7.84. The summed E-state index contributed by atoms with van der Waals surface area (Å²) < 4.78 is 12.1. The molecule has 0 aromatic carbocycles. The Hall–Kier alpha value is -0.840. The molecule has 1 aliphatic carbocycles. The van der Waals surface area contributed by atoms with E-state index in [2.05, 4.69) is 36.2 Å². The minimum atomic E-state index is 0.171. The molecule has 1 aromatic rings. The molecule has 20 heavy (non-hydrogen) atoms. The Morgan fingerprint density at radius 1 is 1.35 bits per heavy atom. The number of hydrogen-bond acceptors (Lipinski definition) is 4. The Balaban J connectivity index is 1.80. The molecule has 0 radical (unpaired) electrons. The monoisotopic (exact) mass is 278 g/mol. The number of hydrogen-bond donors (Lipinski definition) is 1. The fraction of sp³-hybridized carbons (Fsp3) is 0.750. The number of furan rings is 1. The van der Waals surface area contributed by atoms with Crippen LogP contribution in [-0.4, -0.2) is 44.3 Å². The topological polar surface area (TPSA) is 37.6 Å². The average molecular weight is 278 g/mol. The summed E-state index contributed by atoms with van der Waals surface area (Å²) in [5.41, 5.74) is 0. The van der Waals surface area contributed by atoms with E-state index < -0.39 is 0 Å². The van der Waals surface area contributed by atoms with Gasteiger partial charge in [0.25, 0.3) is 0 Å². The molecule has 4 atom stereocenters. The summed E-state index contributed by atoms with van der Waals surface area (Å²) in [5, 5.41) is 3.24. The van der Waals surface area contributed by atoms with Crippen LogP contribution in [0.1, 0.15) is 43.7 Å². The number of nitrogens with zero attached hydrogens (tertiary/aromatic N) is 1. The maximum atomic E-state index is 6.18. The van der Waals surface area contributed by atoms with Gasteiger partial charge in [-0.05, 0) is 38.1 Å². The smallest absolute Gasteiger partial charge is 0.124 e. The minimum Gasteiger partial charge on any atom is -0.464 e. The summed E-state index contributed by atoms with van der Waals surface area (Å²) in [6, 6.07) is 4.57. The van der Waals surface area contributed by atoms with Crippen LogP contribution in [0.15, 0.2) is 16.5 Å². The van der Waals surface area contributed by atoms with Crippen LogP contribution >= 0.6 is 0 Å². The summed E-state index contributed by atoms with van der Waals surface area (Å²) in [5.74, 6) is 3.66. The van der Waals surface area contributed by atoms with E-state index >= 15 is 0 Å². The molecular formula is C16H26N2O2. The van der Waals surface area contributed by atoms with Crippen molar-refractivity contribution >= 4 is 0 Å². The summed E-state index contributed by atoms with van der Waals surface area (Å²) >= 11 is 0. The van der Waals surface area contributed by atoms with Gasteiger partial charge in [0.05, 0.1) is 18.8 Å². The van der Waals surface area contributed by atoms with E-state index in [9.17, 15) is 0 Å². The molecule has 1 aliphatic heterocycles. The molecule has 3 rings (SSSR count). The van der Waals surface area contributed by atoms with Crippen LogP contribution in [0.3, 0.4) is 0 Å². The van der Waals surface area contributed by atoms with E-state index in [0.717, 1.165) is 43.7 Å². The molecule has 4 nitrogen and oxygen atoms in total. The Kier molecular flexibility index (Phi) is 4.15. The second kappa shape index (κ2) is 5.88.